The van der Waals surface area contributed by atoms with Gasteiger partial charge in [0, 0.05) is 34.7 Å². The minimum atomic E-state index is 0. The molecule has 1 amide bonds. The highest BCUT2D eigenvalue weighted by molar-refractivity contribution is 6.35. The molecule has 1 N–H and O–H groups in total. The Balaban J connectivity index is 0.00000200. The number of nitrogens with zero attached hydrogens (tertiary/aromatic N) is 1. The van der Waals surface area contributed by atoms with Gasteiger partial charge in [-0.1, -0.05) is 30.1 Å². The molecule has 2 rings (SSSR count). The van der Waals surface area contributed by atoms with Crippen LogP contribution in [0.4, 0.5) is 0 Å². The van der Waals surface area contributed by atoms with E-state index in [4.69, 9.17) is 23.2 Å². The second kappa shape index (κ2) is 8.08. The van der Waals surface area contributed by atoms with E-state index in [1.165, 1.54) is 0 Å². The van der Waals surface area contributed by atoms with Gasteiger partial charge in [-0.2, -0.15) is 0 Å². The molecule has 0 bridgehead atoms. The molecule has 112 valence electrons. The number of hydrogen-bond donors (Lipinski definition) is 1. The van der Waals surface area contributed by atoms with Crippen molar-refractivity contribution >= 4 is 41.5 Å². The zero-order valence-corrected chi connectivity index (χ0v) is 13.7. The molecule has 0 saturated carbocycles. The molecule has 1 aliphatic heterocycles. The lowest BCUT2D eigenvalue weighted by molar-refractivity contribution is 0.0692. The zero-order chi connectivity index (χ0) is 13.8. The predicted molar refractivity (Wildman–Crippen MR) is 86.3 cm³/mol. The van der Waals surface area contributed by atoms with Crippen molar-refractivity contribution in [3.8, 4) is 0 Å². The number of halogens is 3. The standard InChI is InChI=1S/C14H18Cl2N2O.ClH/c1-2-5-18(13-3-4-17-9-13)14(19)10-6-11(15)8-12(16)7-10;/h6-8,13,17H,2-5,9H2,1H3;1H. The summed E-state index contributed by atoms with van der Waals surface area (Å²) < 4.78 is 0. The number of carbonyl (C=O) groups is 1. The maximum atomic E-state index is 12.6. The number of hydrogen-bond acceptors (Lipinski definition) is 2. The maximum absolute atomic E-state index is 12.6. The topological polar surface area (TPSA) is 32.3 Å². The molecule has 1 fully saturated rings. The Labute approximate surface area is 136 Å². The Kier molecular flexibility index (Phi) is 7.10. The van der Waals surface area contributed by atoms with E-state index in [9.17, 15) is 4.79 Å². The van der Waals surface area contributed by atoms with Gasteiger partial charge in [0.2, 0.25) is 0 Å². The fourth-order valence-electron chi connectivity index (χ4n) is 2.44. The first kappa shape index (κ1) is 17.6. The molecule has 1 atom stereocenters. The summed E-state index contributed by atoms with van der Waals surface area (Å²) in [6.45, 7) is 4.66. The smallest absolute Gasteiger partial charge is 0.254 e. The van der Waals surface area contributed by atoms with Crippen LogP contribution in [0.15, 0.2) is 18.2 Å². The highest BCUT2D eigenvalue weighted by Crippen LogP contribution is 2.22. The third kappa shape index (κ3) is 4.26. The first-order valence-electron chi connectivity index (χ1n) is 6.59. The van der Waals surface area contributed by atoms with Gasteiger partial charge >= 0.3 is 0 Å². The zero-order valence-electron chi connectivity index (χ0n) is 11.4. The van der Waals surface area contributed by atoms with Crippen LogP contribution in [0.2, 0.25) is 10.0 Å². The van der Waals surface area contributed by atoms with Crippen LogP contribution in [-0.4, -0.2) is 36.5 Å². The van der Waals surface area contributed by atoms with Crippen LogP contribution < -0.4 is 5.32 Å². The minimum absolute atomic E-state index is 0. The molecule has 0 aliphatic carbocycles. The number of benzene rings is 1. The molecule has 0 radical (unpaired) electrons. The summed E-state index contributed by atoms with van der Waals surface area (Å²) in [5, 5.41) is 4.29. The van der Waals surface area contributed by atoms with Gasteiger partial charge in [-0.15, -0.1) is 12.4 Å². The Hall–Kier alpha value is -0.480. The molecule has 1 unspecified atom stereocenters. The number of amides is 1. The van der Waals surface area contributed by atoms with E-state index in [0.29, 0.717) is 15.6 Å². The summed E-state index contributed by atoms with van der Waals surface area (Å²) >= 11 is 11.9. The van der Waals surface area contributed by atoms with E-state index >= 15 is 0 Å². The summed E-state index contributed by atoms with van der Waals surface area (Å²) in [5.74, 6) is 0.0138. The minimum Gasteiger partial charge on any atom is -0.334 e. The molecule has 1 heterocycles. The second-order valence-electron chi connectivity index (χ2n) is 4.80. The van der Waals surface area contributed by atoms with E-state index in [1.54, 1.807) is 18.2 Å². The van der Waals surface area contributed by atoms with Crippen molar-refractivity contribution in [2.45, 2.75) is 25.8 Å². The summed E-state index contributed by atoms with van der Waals surface area (Å²) in [5.41, 5.74) is 0.567. The Bertz CT molecular complexity index is 441. The molecular weight excluding hydrogens is 319 g/mol. The highest BCUT2D eigenvalue weighted by Gasteiger charge is 2.26. The van der Waals surface area contributed by atoms with Gasteiger partial charge in [-0.05, 0) is 37.6 Å². The van der Waals surface area contributed by atoms with Crippen molar-refractivity contribution in [1.82, 2.24) is 10.2 Å². The third-order valence-electron chi connectivity index (χ3n) is 3.31. The molecule has 0 spiro atoms. The van der Waals surface area contributed by atoms with Crippen LogP contribution >= 0.6 is 35.6 Å². The van der Waals surface area contributed by atoms with E-state index in [0.717, 1.165) is 32.5 Å². The molecule has 20 heavy (non-hydrogen) atoms. The van der Waals surface area contributed by atoms with Gasteiger partial charge in [0.25, 0.3) is 5.91 Å². The van der Waals surface area contributed by atoms with Crippen molar-refractivity contribution in [3.05, 3.63) is 33.8 Å². The number of nitrogens with one attached hydrogen (secondary N) is 1. The first-order chi connectivity index (χ1) is 9.11. The largest absolute Gasteiger partial charge is 0.334 e. The van der Waals surface area contributed by atoms with Crippen LogP contribution in [-0.2, 0) is 0 Å². The second-order valence-corrected chi connectivity index (χ2v) is 5.68. The molecule has 1 aromatic rings. The fraction of sp³-hybridized carbons (Fsp3) is 0.500. The van der Waals surface area contributed by atoms with E-state index < -0.39 is 0 Å². The van der Waals surface area contributed by atoms with E-state index in [1.807, 2.05) is 4.90 Å². The quantitative estimate of drug-likeness (QED) is 0.910. The SMILES string of the molecule is CCCN(C(=O)c1cc(Cl)cc(Cl)c1)C1CCNC1.Cl. The van der Waals surface area contributed by atoms with Crippen molar-refractivity contribution in [2.75, 3.05) is 19.6 Å². The van der Waals surface area contributed by atoms with Crippen LogP contribution in [0, 0.1) is 0 Å². The predicted octanol–water partition coefficient (Wildman–Crippen LogP) is 3.63. The maximum Gasteiger partial charge on any atom is 0.254 e. The van der Waals surface area contributed by atoms with Gasteiger partial charge in [0.15, 0.2) is 0 Å². The average molecular weight is 338 g/mol. The normalized spacial score (nSPS) is 17.6. The van der Waals surface area contributed by atoms with Crippen LogP contribution in [0.25, 0.3) is 0 Å². The Morgan fingerprint density at radius 3 is 2.50 bits per heavy atom. The van der Waals surface area contributed by atoms with Crippen molar-refractivity contribution in [2.24, 2.45) is 0 Å². The Morgan fingerprint density at radius 2 is 2.00 bits per heavy atom. The van der Waals surface area contributed by atoms with Gasteiger partial charge in [0.1, 0.15) is 0 Å². The van der Waals surface area contributed by atoms with Gasteiger partial charge in [-0.3, -0.25) is 4.79 Å². The highest BCUT2D eigenvalue weighted by atomic mass is 35.5. The van der Waals surface area contributed by atoms with Crippen molar-refractivity contribution in [1.29, 1.82) is 0 Å². The lowest BCUT2D eigenvalue weighted by atomic mass is 10.1. The number of rotatable bonds is 4. The lowest BCUT2D eigenvalue weighted by Crippen LogP contribution is -2.42. The van der Waals surface area contributed by atoms with Gasteiger partial charge < -0.3 is 10.2 Å². The molecular formula is C14H19Cl3N2O. The lowest BCUT2D eigenvalue weighted by Gasteiger charge is -2.28. The average Bonchev–Trinajstić information content (AvgIpc) is 2.87. The van der Waals surface area contributed by atoms with Crippen LogP contribution in [0.3, 0.4) is 0 Å². The molecule has 6 heteroatoms. The third-order valence-corrected chi connectivity index (χ3v) is 3.75. The molecule has 3 nitrogen and oxygen atoms in total. The van der Waals surface area contributed by atoms with E-state index in [-0.39, 0.29) is 24.4 Å². The number of carbonyl (C=O) groups excluding carboxylic acids is 1. The summed E-state index contributed by atoms with van der Waals surface area (Å²) in [7, 11) is 0. The molecule has 1 aromatic carbocycles. The molecule has 0 aromatic heterocycles. The fourth-order valence-corrected chi connectivity index (χ4v) is 2.97. The summed E-state index contributed by atoms with van der Waals surface area (Å²) in [6.07, 6.45) is 1.94. The van der Waals surface area contributed by atoms with Gasteiger partial charge in [-0.25, -0.2) is 0 Å². The monoisotopic (exact) mass is 336 g/mol. The van der Waals surface area contributed by atoms with Crippen molar-refractivity contribution < 1.29 is 4.79 Å². The Morgan fingerprint density at radius 1 is 1.35 bits per heavy atom. The molecule has 1 saturated heterocycles. The van der Waals surface area contributed by atoms with Crippen LogP contribution in [0.1, 0.15) is 30.1 Å². The first-order valence-corrected chi connectivity index (χ1v) is 7.35. The van der Waals surface area contributed by atoms with Crippen molar-refractivity contribution in [3.63, 3.8) is 0 Å². The summed E-state index contributed by atoms with van der Waals surface area (Å²) in [6, 6.07) is 5.27. The summed E-state index contributed by atoms with van der Waals surface area (Å²) in [4.78, 5) is 14.5. The van der Waals surface area contributed by atoms with E-state index in [2.05, 4.69) is 12.2 Å². The van der Waals surface area contributed by atoms with Crippen LogP contribution in [0.5, 0.6) is 0 Å². The van der Waals surface area contributed by atoms with Gasteiger partial charge in [0.05, 0.1) is 0 Å². The molecule has 1 aliphatic rings.